The number of thiophene rings is 1. The number of nitrogens with one attached hydrogen (secondary N) is 1. The Balaban J connectivity index is 1.35. The number of hydrogen-bond donors (Lipinski definition) is 1. The highest BCUT2D eigenvalue weighted by Crippen LogP contribution is 2.22. The number of benzene rings is 1. The van der Waals surface area contributed by atoms with Gasteiger partial charge in [0.1, 0.15) is 12.2 Å². The van der Waals surface area contributed by atoms with Crippen molar-refractivity contribution in [2.24, 2.45) is 0 Å². The molecule has 10 heteroatoms. The van der Waals surface area contributed by atoms with E-state index in [1.54, 1.807) is 40.1 Å². The average Bonchev–Trinajstić information content (AvgIpc) is 3.46. The second-order valence-corrected chi connectivity index (χ2v) is 7.23. The van der Waals surface area contributed by atoms with Crippen molar-refractivity contribution in [3.63, 3.8) is 0 Å². The lowest BCUT2D eigenvalue weighted by molar-refractivity contribution is -0.121. The van der Waals surface area contributed by atoms with Crippen molar-refractivity contribution in [1.29, 1.82) is 0 Å². The highest BCUT2D eigenvalue weighted by atomic mass is 32.1. The van der Waals surface area contributed by atoms with Gasteiger partial charge in [0.15, 0.2) is 17.1 Å². The van der Waals surface area contributed by atoms with Crippen molar-refractivity contribution in [2.75, 3.05) is 0 Å². The van der Waals surface area contributed by atoms with E-state index in [2.05, 4.69) is 20.6 Å². The third-order valence-electron chi connectivity index (χ3n) is 4.42. The van der Waals surface area contributed by atoms with Gasteiger partial charge in [0, 0.05) is 0 Å². The van der Waals surface area contributed by atoms with E-state index in [0.717, 1.165) is 10.6 Å². The van der Waals surface area contributed by atoms with Crippen LogP contribution in [0.5, 0.6) is 0 Å². The number of para-hydroxylation sites is 2. The maximum Gasteiger partial charge on any atom is 0.420 e. The predicted octanol–water partition coefficient (Wildman–Crippen LogP) is 2.08. The second kappa shape index (κ2) is 6.99. The van der Waals surface area contributed by atoms with Gasteiger partial charge < -0.3 is 9.73 Å². The monoisotopic (exact) mass is 406 g/mol. The number of rotatable bonds is 5. The SMILES string of the molecule is O=C(Cn1c(=O)oc2ccccc21)NCc1nnc2ccc(-c3cccs3)nn12. The molecule has 0 bridgehead atoms. The number of oxazole rings is 1. The summed E-state index contributed by atoms with van der Waals surface area (Å²) in [6.45, 7) is -0.0219. The Morgan fingerprint density at radius 2 is 2.00 bits per heavy atom. The van der Waals surface area contributed by atoms with E-state index in [9.17, 15) is 9.59 Å². The maximum absolute atomic E-state index is 12.4. The van der Waals surface area contributed by atoms with Gasteiger partial charge in [-0.3, -0.25) is 9.36 Å². The van der Waals surface area contributed by atoms with Gasteiger partial charge in [-0.05, 0) is 35.7 Å². The molecular weight excluding hydrogens is 392 g/mol. The number of fused-ring (bicyclic) bond motifs is 2. The van der Waals surface area contributed by atoms with Crippen molar-refractivity contribution in [3.8, 4) is 10.6 Å². The summed E-state index contributed by atoms with van der Waals surface area (Å²) in [5, 5.41) is 17.5. The Hall–Kier alpha value is -3.79. The van der Waals surface area contributed by atoms with Crippen LogP contribution in [-0.2, 0) is 17.9 Å². The van der Waals surface area contributed by atoms with Crippen molar-refractivity contribution >= 4 is 34.0 Å². The molecule has 1 aromatic carbocycles. The standard InChI is InChI=1S/C19H14N6O3S/c26-18(11-24-13-4-1-2-5-14(13)28-19(24)27)20-10-17-22-21-16-8-7-12(23-25(16)17)15-6-3-9-29-15/h1-9H,10-11H2,(H,20,26). The number of aromatic nitrogens is 5. The minimum Gasteiger partial charge on any atom is -0.408 e. The van der Waals surface area contributed by atoms with Crippen LogP contribution in [0.3, 0.4) is 0 Å². The van der Waals surface area contributed by atoms with E-state index in [1.807, 2.05) is 29.6 Å². The van der Waals surface area contributed by atoms with Crippen LogP contribution < -0.4 is 11.1 Å². The summed E-state index contributed by atoms with van der Waals surface area (Å²) < 4.78 is 8.05. The highest BCUT2D eigenvalue weighted by molar-refractivity contribution is 7.13. The molecular formula is C19H14N6O3S. The first-order valence-corrected chi connectivity index (χ1v) is 9.67. The number of carbonyl (C=O) groups is 1. The molecule has 144 valence electrons. The maximum atomic E-state index is 12.4. The predicted molar refractivity (Wildman–Crippen MR) is 106 cm³/mol. The summed E-state index contributed by atoms with van der Waals surface area (Å²) >= 11 is 1.59. The molecule has 0 unspecified atom stereocenters. The Bertz CT molecular complexity index is 1380. The van der Waals surface area contributed by atoms with E-state index < -0.39 is 5.76 Å². The summed E-state index contributed by atoms with van der Waals surface area (Å²) in [7, 11) is 0. The molecule has 5 aromatic rings. The zero-order chi connectivity index (χ0) is 19.8. The van der Waals surface area contributed by atoms with Crippen LogP contribution in [0.4, 0.5) is 0 Å². The molecule has 0 radical (unpaired) electrons. The number of carbonyl (C=O) groups excluding carboxylic acids is 1. The van der Waals surface area contributed by atoms with Gasteiger partial charge in [0.05, 0.1) is 16.9 Å². The first-order valence-electron chi connectivity index (χ1n) is 8.79. The van der Waals surface area contributed by atoms with E-state index in [-0.39, 0.29) is 19.0 Å². The fraction of sp³-hybridized carbons (Fsp3) is 0.105. The largest absolute Gasteiger partial charge is 0.420 e. The van der Waals surface area contributed by atoms with Gasteiger partial charge in [-0.15, -0.1) is 21.5 Å². The van der Waals surface area contributed by atoms with Crippen LogP contribution >= 0.6 is 11.3 Å². The van der Waals surface area contributed by atoms with Crippen LogP contribution in [0.25, 0.3) is 27.3 Å². The number of hydrogen-bond acceptors (Lipinski definition) is 7. The van der Waals surface area contributed by atoms with Gasteiger partial charge in [-0.2, -0.15) is 9.61 Å². The summed E-state index contributed by atoms with van der Waals surface area (Å²) in [6, 6.07) is 14.6. The first-order chi connectivity index (χ1) is 14.2. The van der Waals surface area contributed by atoms with Crippen LogP contribution in [0.2, 0.25) is 0 Å². The minimum atomic E-state index is -0.573. The summed E-state index contributed by atoms with van der Waals surface area (Å²) in [6.07, 6.45) is 0. The Labute approximate surface area is 167 Å². The van der Waals surface area contributed by atoms with E-state index in [4.69, 9.17) is 4.42 Å². The minimum absolute atomic E-state index is 0.130. The fourth-order valence-electron chi connectivity index (χ4n) is 3.04. The second-order valence-electron chi connectivity index (χ2n) is 6.28. The fourth-order valence-corrected chi connectivity index (χ4v) is 3.73. The molecule has 4 aromatic heterocycles. The smallest absolute Gasteiger partial charge is 0.408 e. The van der Waals surface area contributed by atoms with Crippen LogP contribution in [0.1, 0.15) is 5.82 Å². The molecule has 1 N–H and O–H groups in total. The normalized spacial score (nSPS) is 11.3. The lowest BCUT2D eigenvalue weighted by Gasteiger charge is -2.05. The molecule has 0 saturated carbocycles. The third-order valence-corrected chi connectivity index (χ3v) is 5.31. The topological polar surface area (TPSA) is 107 Å². The van der Waals surface area contributed by atoms with Gasteiger partial charge in [0.2, 0.25) is 5.91 Å². The zero-order valence-electron chi connectivity index (χ0n) is 15.0. The van der Waals surface area contributed by atoms with Gasteiger partial charge in [-0.25, -0.2) is 4.79 Å². The van der Waals surface area contributed by atoms with Crippen molar-refractivity contribution < 1.29 is 9.21 Å². The first kappa shape index (κ1) is 17.3. The van der Waals surface area contributed by atoms with E-state index in [1.165, 1.54) is 4.57 Å². The Morgan fingerprint density at radius 3 is 2.86 bits per heavy atom. The van der Waals surface area contributed by atoms with Crippen molar-refractivity contribution in [3.05, 3.63) is 70.3 Å². The Morgan fingerprint density at radius 1 is 1.10 bits per heavy atom. The third kappa shape index (κ3) is 3.19. The van der Waals surface area contributed by atoms with Gasteiger partial charge >= 0.3 is 5.76 Å². The Kier molecular flexibility index (Phi) is 4.17. The molecule has 1 amide bonds. The molecule has 0 fully saturated rings. The molecule has 0 aliphatic carbocycles. The van der Waals surface area contributed by atoms with Gasteiger partial charge in [0.25, 0.3) is 0 Å². The summed E-state index contributed by atoms with van der Waals surface area (Å²) in [4.78, 5) is 25.4. The van der Waals surface area contributed by atoms with E-state index >= 15 is 0 Å². The van der Waals surface area contributed by atoms with Gasteiger partial charge in [-0.1, -0.05) is 18.2 Å². The van der Waals surface area contributed by atoms with Crippen LogP contribution in [-0.4, -0.2) is 30.3 Å². The molecule has 5 rings (SSSR count). The molecule has 0 aliphatic rings. The number of amides is 1. The average molecular weight is 406 g/mol. The highest BCUT2D eigenvalue weighted by Gasteiger charge is 2.14. The molecule has 0 saturated heterocycles. The number of nitrogens with zero attached hydrogens (tertiary/aromatic N) is 5. The van der Waals surface area contributed by atoms with Crippen LogP contribution in [0, 0.1) is 0 Å². The lowest BCUT2D eigenvalue weighted by Crippen LogP contribution is -2.31. The van der Waals surface area contributed by atoms with Crippen molar-refractivity contribution in [1.82, 2.24) is 29.7 Å². The molecule has 0 atom stereocenters. The van der Waals surface area contributed by atoms with E-state index in [0.29, 0.717) is 22.6 Å². The molecule has 0 spiro atoms. The molecule has 4 heterocycles. The lowest BCUT2D eigenvalue weighted by atomic mass is 10.3. The molecule has 0 aliphatic heterocycles. The molecule has 9 nitrogen and oxygen atoms in total. The van der Waals surface area contributed by atoms with Crippen LogP contribution in [0.15, 0.2) is 63.1 Å². The quantitative estimate of drug-likeness (QED) is 0.479. The summed E-state index contributed by atoms with van der Waals surface area (Å²) in [5.74, 6) is -0.419. The molecule has 29 heavy (non-hydrogen) atoms. The zero-order valence-corrected chi connectivity index (χ0v) is 15.8. The summed E-state index contributed by atoms with van der Waals surface area (Å²) in [5.41, 5.74) is 2.41. The van der Waals surface area contributed by atoms with Crippen molar-refractivity contribution in [2.45, 2.75) is 13.1 Å².